The van der Waals surface area contributed by atoms with Gasteiger partial charge in [-0.15, -0.1) is 11.8 Å². The molecular formula is C22H23ClO3S. The van der Waals surface area contributed by atoms with Crippen molar-refractivity contribution in [1.29, 1.82) is 0 Å². The molecule has 1 saturated carbocycles. The maximum Gasteiger partial charge on any atom is 0.317 e. The normalized spacial score (nSPS) is 16.0. The lowest BCUT2D eigenvalue weighted by molar-refractivity contribution is -0.136. The second kappa shape index (κ2) is 9.43. The SMILES string of the molecule is O=C(C[C@@H](Sc1ccc(Cl)cc1)C(=O)O)c1ccc(C2CCCCC2)cc1. The summed E-state index contributed by atoms with van der Waals surface area (Å²) in [7, 11) is 0. The van der Waals surface area contributed by atoms with Crippen LogP contribution in [0.1, 0.15) is 60.4 Å². The van der Waals surface area contributed by atoms with E-state index in [0.717, 1.165) is 4.90 Å². The predicted molar refractivity (Wildman–Crippen MR) is 110 cm³/mol. The molecule has 0 bridgehead atoms. The standard InChI is InChI=1S/C22H23ClO3S/c23-18-10-12-19(13-11-18)27-21(22(25)26)14-20(24)17-8-6-16(7-9-17)15-4-2-1-3-5-15/h6-13,15,21H,1-5,14H2,(H,25,26)/t21-/m1/s1. The van der Waals surface area contributed by atoms with Gasteiger partial charge in [-0.3, -0.25) is 9.59 Å². The quantitative estimate of drug-likeness (QED) is 0.442. The van der Waals surface area contributed by atoms with Crippen molar-refractivity contribution in [2.75, 3.05) is 0 Å². The van der Waals surface area contributed by atoms with Gasteiger partial charge in [-0.1, -0.05) is 55.1 Å². The number of rotatable bonds is 7. The number of carboxylic acids is 1. The van der Waals surface area contributed by atoms with E-state index in [1.165, 1.54) is 49.4 Å². The molecule has 0 heterocycles. The van der Waals surface area contributed by atoms with Gasteiger partial charge in [-0.25, -0.2) is 0 Å². The van der Waals surface area contributed by atoms with E-state index in [2.05, 4.69) is 0 Å². The zero-order valence-corrected chi connectivity index (χ0v) is 16.6. The lowest BCUT2D eigenvalue weighted by Gasteiger charge is -2.22. The minimum absolute atomic E-state index is 0.0363. The number of halogens is 1. The van der Waals surface area contributed by atoms with Gasteiger partial charge in [-0.05, 0) is 48.6 Å². The number of hydrogen-bond acceptors (Lipinski definition) is 3. The number of thioether (sulfide) groups is 1. The van der Waals surface area contributed by atoms with Crippen LogP contribution in [0, 0.1) is 0 Å². The number of carboxylic acid groups (broad SMARTS) is 1. The Morgan fingerprint density at radius 3 is 2.22 bits per heavy atom. The molecule has 3 rings (SSSR count). The molecule has 1 fully saturated rings. The van der Waals surface area contributed by atoms with Crippen LogP contribution in [0.5, 0.6) is 0 Å². The number of carbonyl (C=O) groups excluding carboxylic acids is 1. The first-order chi connectivity index (χ1) is 13.0. The average molecular weight is 403 g/mol. The summed E-state index contributed by atoms with van der Waals surface area (Å²) in [6.07, 6.45) is 6.25. The molecule has 142 valence electrons. The summed E-state index contributed by atoms with van der Waals surface area (Å²) in [4.78, 5) is 25.0. The van der Waals surface area contributed by atoms with Crippen molar-refractivity contribution in [3.63, 3.8) is 0 Å². The minimum atomic E-state index is -0.984. The van der Waals surface area contributed by atoms with Gasteiger partial charge in [0.25, 0.3) is 0 Å². The smallest absolute Gasteiger partial charge is 0.317 e. The molecule has 27 heavy (non-hydrogen) atoms. The Kier molecular flexibility index (Phi) is 6.97. The highest BCUT2D eigenvalue weighted by atomic mass is 35.5. The Bertz CT molecular complexity index is 780. The summed E-state index contributed by atoms with van der Waals surface area (Å²) in [5, 5.41) is 9.28. The van der Waals surface area contributed by atoms with E-state index < -0.39 is 11.2 Å². The van der Waals surface area contributed by atoms with Crippen molar-refractivity contribution < 1.29 is 14.7 Å². The van der Waals surface area contributed by atoms with Crippen LogP contribution >= 0.6 is 23.4 Å². The van der Waals surface area contributed by atoms with Gasteiger partial charge in [0.05, 0.1) is 0 Å². The van der Waals surface area contributed by atoms with Crippen molar-refractivity contribution >= 4 is 35.1 Å². The van der Waals surface area contributed by atoms with Gasteiger partial charge < -0.3 is 5.11 Å². The monoisotopic (exact) mass is 402 g/mol. The van der Waals surface area contributed by atoms with Crippen molar-refractivity contribution in [3.8, 4) is 0 Å². The van der Waals surface area contributed by atoms with Gasteiger partial charge in [-0.2, -0.15) is 0 Å². The highest BCUT2D eigenvalue weighted by Gasteiger charge is 2.24. The molecule has 0 aromatic heterocycles. The molecular weight excluding hydrogens is 380 g/mol. The van der Waals surface area contributed by atoms with Crippen molar-refractivity contribution in [1.82, 2.24) is 0 Å². The second-order valence-electron chi connectivity index (χ2n) is 6.98. The fourth-order valence-electron chi connectivity index (χ4n) is 3.52. The molecule has 0 unspecified atom stereocenters. The molecule has 0 radical (unpaired) electrons. The lowest BCUT2D eigenvalue weighted by Crippen LogP contribution is -2.20. The zero-order valence-electron chi connectivity index (χ0n) is 15.1. The molecule has 1 atom stereocenters. The Morgan fingerprint density at radius 1 is 1.00 bits per heavy atom. The van der Waals surface area contributed by atoms with Crippen LogP contribution in [0.4, 0.5) is 0 Å². The number of aliphatic carboxylic acids is 1. The lowest BCUT2D eigenvalue weighted by atomic mass is 9.84. The van der Waals surface area contributed by atoms with Crippen molar-refractivity contribution in [2.24, 2.45) is 0 Å². The van der Waals surface area contributed by atoms with Crippen LogP contribution in [-0.2, 0) is 4.79 Å². The average Bonchev–Trinajstić information content (AvgIpc) is 2.69. The first-order valence-corrected chi connectivity index (χ1v) is 10.6. The molecule has 2 aromatic carbocycles. The van der Waals surface area contributed by atoms with E-state index >= 15 is 0 Å². The van der Waals surface area contributed by atoms with E-state index in [-0.39, 0.29) is 12.2 Å². The van der Waals surface area contributed by atoms with E-state index in [9.17, 15) is 14.7 Å². The van der Waals surface area contributed by atoms with E-state index in [4.69, 9.17) is 11.6 Å². The number of carbonyl (C=O) groups is 2. The Morgan fingerprint density at radius 2 is 1.63 bits per heavy atom. The summed E-state index contributed by atoms with van der Waals surface area (Å²) < 4.78 is 0. The molecule has 5 heteroatoms. The summed E-state index contributed by atoms with van der Waals surface area (Å²) in [6, 6.07) is 14.7. The topological polar surface area (TPSA) is 54.4 Å². The zero-order chi connectivity index (χ0) is 19.2. The summed E-state index contributed by atoms with van der Waals surface area (Å²) in [5.41, 5.74) is 1.87. The molecule has 2 aromatic rings. The van der Waals surface area contributed by atoms with E-state index in [1.807, 2.05) is 24.3 Å². The van der Waals surface area contributed by atoms with Crippen LogP contribution in [-0.4, -0.2) is 22.1 Å². The van der Waals surface area contributed by atoms with Crippen LogP contribution < -0.4 is 0 Å². The molecule has 0 amide bonds. The highest BCUT2D eigenvalue weighted by molar-refractivity contribution is 8.00. The molecule has 1 aliphatic carbocycles. The highest BCUT2D eigenvalue weighted by Crippen LogP contribution is 2.33. The Balaban J connectivity index is 1.64. The van der Waals surface area contributed by atoms with Gasteiger partial charge >= 0.3 is 5.97 Å². The molecule has 3 nitrogen and oxygen atoms in total. The minimum Gasteiger partial charge on any atom is -0.480 e. The first kappa shape index (κ1) is 20.0. The van der Waals surface area contributed by atoms with E-state index in [1.54, 1.807) is 24.3 Å². The first-order valence-electron chi connectivity index (χ1n) is 9.31. The summed E-state index contributed by atoms with van der Waals surface area (Å²) in [6.45, 7) is 0. The Hall–Kier alpha value is -1.78. The number of ketones is 1. The van der Waals surface area contributed by atoms with Crippen LogP contribution in [0.3, 0.4) is 0 Å². The van der Waals surface area contributed by atoms with Crippen LogP contribution in [0.25, 0.3) is 0 Å². The third kappa shape index (κ3) is 5.60. The van der Waals surface area contributed by atoms with Crippen LogP contribution in [0.2, 0.25) is 5.02 Å². The molecule has 0 spiro atoms. The van der Waals surface area contributed by atoms with Gasteiger partial charge in [0, 0.05) is 21.9 Å². The Labute approximate surface area is 169 Å². The summed E-state index contributed by atoms with van der Waals surface area (Å²) >= 11 is 7.04. The van der Waals surface area contributed by atoms with Gasteiger partial charge in [0.15, 0.2) is 5.78 Å². The number of benzene rings is 2. The fourth-order valence-corrected chi connectivity index (χ4v) is 4.60. The van der Waals surface area contributed by atoms with Crippen molar-refractivity contribution in [3.05, 3.63) is 64.7 Å². The third-order valence-electron chi connectivity index (χ3n) is 5.05. The van der Waals surface area contributed by atoms with E-state index in [0.29, 0.717) is 16.5 Å². The second-order valence-corrected chi connectivity index (χ2v) is 8.70. The molecule has 1 N–H and O–H groups in total. The maximum atomic E-state index is 12.6. The predicted octanol–water partition coefficient (Wildman–Crippen LogP) is 6.21. The van der Waals surface area contributed by atoms with Gasteiger partial charge in [0.1, 0.15) is 5.25 Å². The molecule has 0 saturated heterocycles. The largest absolute Gasteiger partial charge is 0.480 e. The fraction of sp³-hybridized carbons (Fsp3) is 0.364. The van der Waals surface area contributed by atoms with Crippen LogP contribution in [0.15, 0.2) is 53.4 Å². The number of hydrogen-bond donors (Lipinski definition) is 1. The van der Waals surface area contributed by atoms with Crippen molar-refractivity contribution in [2.45, 2.75) is 54.6 Å². The third-order valence-corrected chi connectivity index (χ3v) is 6.50. The van der Waals surface area contributed by atoms with Gasteiger partial charge in [0.2, 0.25) is 0 Å². The molecule has 1 aliphatic rings. The maximum absolute atomic E-state index is 12.6. The molecule has 0 aliphatic heterocycles. The summed E-state index contributed by atoms with van der Waals surface area (Å²) in [5.74, 6) is -0.531. The number of Topliss-reactive ketones (excluding diaryl/α,β-unsaturated/α-hetero) is 1.